The van der Waals surface area contributed by atoms with Crippen LogP contribution >= 0.6 is 0 Å². The first-order valence-electron chi connectivity index (χ1n) is 10.4. The zero-order chi connectivity index (χ0) is 20.8. The van der Waals surface area contributed by atoms with Gasteiger partial charge in [-0.05, 0) is 91.2 Å². The zero-order valence-electron chi connectivity index (χ0n) is 16.4. The van der Waals surface area contributed by atoms with Crippen LogP contribution < -0.4 is 0 Å². The predicted molar refractivity (Wildman–Crippen MR) is 103 cm³/mol. The van der Waals surface area contributed by atoms with Crippen molar-refractivity contribution in [2.45, 2.75) is 57.5 Å². The molecule has 0 radical (unpaired) electrons. The Kier molecular flexibility index (Phi) is 5.43. The normalized spacial score (nSPS) is 27.5. The standard InChI is InChI=1S/C24H25F5/c1-14-2-3-17-11-18(5-4-16(17)10-14)19-12-21(25)23(22(26)13-19)15-6-8-20(9-7-15)24(27,28)29/h6-9,12-14,16-18H,2-5,10-11H2,1H3/t14?,16-,17-,18-/m1/s1. The maximum atomic E-state index is 14.8. The molecule has 0 saturated heterocycles. The first-order valence-corrected chi connectivity index (χ1v) is 10.4. The van der Waals surface area contributed by atoms with E-state index >= 15 is 0 Å². The van der Waals surface area contributed by atoms with Gasteiger partial charge in [-0.15, -0.1) is 0 Å². The summed E-state index contributed by atoms with van der Waals surface area (Å²) in [5.74, 6) is 0.862. The summed E-state index contributed by atoms with van der Waals surface area (Å²) in [6.45, 7) is 2.30. The Morgan fingerprint density at radius 3 is 2.00 bits per heavy atom. The van der Waals surface area contributed by atoms with E-state index in [4.69, 9.17) is 0 Å². The van der Waals surface area contributed by atoms with E-state index in [-0.39, 0.29) is 17.0 Å². The summed E-state index contributed by atoms with van der Waals surface area (Å²) in [5, 5.41) is 0. The molecule has 2 aliphatic carbocycles. The van der Waals surface area contributed by atoms with Crippen molar-refractivity contribution < 1.29 is 22.0 Å². The van der Waals surface area contributed by atoms with Crippen LogP contribution in [0.2, 0.25) is 0 Å². The minimum absolute atomic E-state index is 0.115. The molecule has 2 aliphatic rings. The lowest BCUT2D eigenvalue weighted by Gasteiger charge is -2.41. The molecular weight excluding hydrogens is 383 g/mol. The highest BCUT2D eigenvalue weighted by atomic mass is 19.4. The molecule has 0 heterocycles. The minimum Gasteiger partial charge on any atom is -0.206 e. The van der Waals surface area contributed by atoms with Gasteiger partial charge < -0.3 is 0 Å². The lowest BCUT2D eigenvalue weighted by atomic mass is 9.64. The second-order valence-electron chi connectivity index (χ2n) is 8.88. The molecule has 29 heavy (non-hydrogen) atoms. The number of fused-ring (bicyclic) bond motifs is 1. The van der Waals surface area contributed by atoms with E-state index in [2.05, 4.69) is 6.92 Å². The topological polar surface area (TPSA) is 0 Å². The molecule has 4 rings (SSSR count). The van der Waals surface area contributed by atoms with E-state index in [0.29, 0.717) is 11.5 Å². The molecule has 156 valence electrons. The van der Waals surface area contributed by atoms with E-state index in [1.807, 2.05) is 0 Å². The Hall–Kier alpha value is -1.91. The summed E-state index contributed by atoms with van der Waals surface area (Å²) in [6, 6.07) is 6.72. The van der Waals surface area contributed by atoms with Crippen LogP contribution in [0, 0.1) is 29.4 Å². The van der Waals surface area contributed by atoms with E-state index in [1.54, 1.807) is 0 Å². The first-order chi connectivity index (χ1) is 13.7. The summed E-state index contributed by atoms with van der Waals surface area (Å²) in [7, 11) is 0. The molecule has 4 atom stereocenters. The van der Waals surface area contributed by atoms with Crippen LogP contribution in [0.25, 0.3) is 11.1 Å². The lowest BCUT2D eigenvalue weighted by molar-refractivity contribution is -0.137. The third kappa shape index (κ3) is 4.19. The van der Waals surface area contributed by atoms with Crippen LogP contribution in [0.1, 0.15) is 62.5 Å². The number of halogens is 5. The minimum atomic E-state index is -4.48. The van der Waals surface area contributed by atoms with Crippen LogP contribution in [0.3, 0.4) is 0 Å². The van der Waals surface area contributed by atoms with E-state index in [0.717, 1.165) is 55.4 Å². The molecule has 1 unspecified atom stereocenters. The van der Waals surface area contributed by atoms with Gasteiger partial charge in [0.25, 0.3) is 0 Å². The molecule has 0 nitrogen and oxygen atoms in total. The molecule has 0 N–H and O–H groups in total. The average molecular weight is 408 g/mol. The monoisotopic (exact) mass is 408 g/mol. The van der Waals surface area contributed by atoms with Gasteiger partial charge in [0.05, 0.1) is 11.1 Å². The van der Waals surface area contributed by atoms with Gasteiger partial charge in [0.1, 0.15) is 11.6 Å². The fourth-order valence-electron chi connectivity index (χ4n) is 5.36. The van der Waals surface area contributed by atoms with Crippen molar-refractivity contribution in [1.82, 2.24) is 0 Å². The number of benzene rings is 2. The maximum absolute atomic E-state index is 14.8. The molecule has 0 aromatic heterocycles. The largest absolute Gasteiger partial charge is 0.416 e. The lowest BCUT2D eigenvalue weighted by Crippen LogP contribution is -2.29. The fraction of sp³-hybridized carbons (Fsp3) is 0.500. The molecular formula is C24H25F5. The molecule has 2 fully saturated rings. The fourth-order valence-corrected chi connectivity index (χ4v) is 5.36. The Labute approximate surface area is 168 Å². The zero-order valence-corrected chi connectivity index (χ0v) is 16.4. The van der Waals surface area contributed by atoms with Crippen molar-refractivity contribution in [2.75, 3.05) is 0 Å². The van der Waals surface area contributed by atoms with Gasteiger partial charge in [-0.2, -0.15) is 13.2 Å². The predicted octanol–water partition coefficient (Wildman–Crippen LogP) is 7.97. The maximum Gasteiger partial charge on any atom is 0.416 e. The summed E-state index contributed by atoms with van der Waals surface area (Å²) in [6.07, 6.45) is 2.20. The Balaban J connectivity index is 1.56. The number of hydrogen-bond acceptors (Lipinski definition) is 0. The quantitative estimate of drug-likeness (QED) is 0.442. The average Bonchev–Trinajstić information content (AvgIpc) is 2.66. The number of hydrogen-bond donors (Lipinski definition) is 0. The summed E-state index contributed by atoms with van der Waals surface area (Å²) >= 11 is 0. The highest BCUT2D eigenvalue weighted by molar-refractivity contribution is 5.66. The van der Waals surface area contributed by atoms with E-state index in [9.17, 15) is 22.0 Å². The SMILES string of the molecule is CC1CC[C@@H]2C[C@H](c3cc(F)c(-c4ccc(C(F)(F)F)cc4)c(F)c3)CC[C@@H]2C1. The van der Waals surface area contributed by atoms with Crippen molar-refractivity contribution in [2.24, 2.45) is 17.8 Å². The van der Waals surface area contributed by atoms with Gasteiger partial charge in [-0.3, -0.25) is 0 Å². The number of rotatable bonds is 2. The van der Waals surface area contributed by atoms with Crippen molar-refractivity contribution >= 4 is 0 Å². The molecule has 5 heteroatoms. The van der Waals surface area contributed by atoms with E-state index < -0.39 is 23.4 Å². The highest BCUT2D eigenvalue weighted by Gasteiger charge is 2.35. The van der Waals surface area contributed by atoms with Crippen molar-refractivity contribution in [3.63, 3.8) is 0 Å². The van der Waals surface area contributed by atoms with Gasteiger partial charge >= 0.3 is 6.18 Å². The Morgan fingerprint density at radius 2 is 1.38 bits per heavy atom. The second kappa shape index (κ2) is 7.73. The second-order valence-corrected chi connectivity index (χ2v) is 8.88. The molecule has 2 saturated carbocycles. The molecule has 2 aromatic carbocycles. The summed E-state index contributed by atoms with van der Waals surface area (Å²) in [4.78, 5) is 0. The van der Waals surface area contributed by atoms with Gasteiger partial charge in [-0.1, -0.05) is 25.5 Å². The van der Waals surface area contributed by atoms with Crippen LogP contribution in [-0.2, 0) is 6.18 Å². The van der Waals surface area contributed by atoms with Crippen LogP contribution in [0.15, 0.2) is 36.4 Å². The summed E-state index contributed by atoms with van der Waals surface area (Å²) in [5.41, 5.74) is -0.308. The summed E-state index contributed by atoms with van der Waals surface area (Å²) < 4.78 is 67.8. The Bertz CT molecular complexity index is 845. The van der Waals surface area contributed by atoms with Crippen molar-refractivity contribution in [3.8, 4) is 11.1 Å². The molecule has 0 aliphatic heterocycles. The highest BCUT2D eigenvalue weighted by Crippen LogP contribution is 2.48. The molecule has 0 spiro atoms. The van der Waals surface area contributed by atoms with Gasteiger partial charge in [-0.25, -0.2) is 8.78 Å². The Morgan fingerprint density at radius 1 is 0.793 bits per heavy atom. The van der Waals surface area contributed by atoms with Gasteiger partial charge in [0.15, 0.2) is 0 Å². The van der Waals surface area contributed by atoms with Gasteiger partial charge in [0, 0.05) is 0 Å². The van der Waals surface area contributed by atoms with Crippen molar-refractivity contribution in [3.05, 3.63) is 59.2 Å². The third-order valence-corrected chi connectivity index (χ3v) is 6.91. The van der Waals surface area contributed by atoms with Crippen LogP contribution in [0.5, 0.6) is 0 Å². The molecule has 2 aromatic rings. The number of alkyl halides is 3. The van der Waals surface area contributed by atoms with E-state index in [1.165, 1.54) is 31.4 Å². The van der Waals surface area contributed by atoms with Crippen LogP contribution in [0.4, 0.5) is 22.0 Å². The molecule has 0 amide bonds. The third-order valence-electron chi connectivity index (χ3n) is 6.91. The first kappa shape index (κ1) is 20.4. The smallest absolute Gasteiger partial charge is 0.206 e. The van der Waals surface area contributed by atoms with Crippen molar-refractivity contribution in [1.29, 1.82) is 0 Å². The van der Waals surface area contributed by atoms with Gasteiger partial charge in [0.2, 0.25) is 0 Å². The molecule has 0 bridgehead atoms. The van der Waals surface area contributed by atoms with Crippen LogP contribution in [-0.4, -0.2) is 0 Å².